The highest BCUT2D eigenvalue weighted by atomic mass is 19.4. The lowest BCUT2D eigenvalue weighted by Crippen LogP contribution is -2.60. The summed E-state index contributed by atoms with van der Waals surface area (Å²) in [4.78, 5) is 15.3. The summed E-state index contributed by atoms with van der Waals surface area (Å²) in [6.45, 7) is 3.97. The molecule has 0 aromatic heterocycles. The molecule has 1 aromatic carbocycles. The van der Waals surface area contributed by atoms with E-state index in [1.54, 1.807) is 0 Å². The van der Waals surface area contributed by atoms with Crippen LogP contribution >= 0.6 is 0 Å². The third-order valence-electron chi connectivity index (χ3n) is 6.12. The molecule has 4 nitrogen and oxygen atoms in total. The van der Waals surface area contributed by atoms with Crippen LogP contribution in [0.15, 0.2) is 24.3 Å². The van der Waals surface area contributed by atoms with Gasteiger partial charge in [-0.1, -0.05) is 31.4 Å². The van der Waals surface area contributed by atoms with Crippen molar-refractivity contribution in [3.8, 4) is 0 Å². The molecule has 1 aromatic rings. The monoisotopic (exact) mass is 384 g/mol. The van der Waals surface area contributed by atoms with Gasteiger partial charge in [0.1, 0.15) is 0 Å². The lowest BCUT2D eigenvalue weighted by atomic mass is 9.74. The summed E-state index contributed by atoms with van der Waals surface area (Å²) in [5, 5.41) is 9.07. The Labute approximate surface area is 158 Å². The Kier molecular flexibility index (Phi) is 5.82. The van der Waals surface area contributed by atoms with E-state index in [4.69, 9.17) is 5.11 Å². The Balaban J connectivity index is 1.89. The van der Waals surface area contributed by atoms with Crippen molar-refractivity contribution in [1.82, 2.24) is 9.80 Å². The maximum atomic E-state index is 13.3. The Hall–Kier alpha value is -1.60. The van der Waals surface area contributed by atoms with Gasteiger partial charge in [-0.05, 0) is 37.5 Å². The van der Waals surface area contributed by atoms with Gasteiger partial charge in [-0.3, -0.25) is 14.6 Å². The average molecular weight is 384 g/mol. The summed E-state index contributed by atoms with van der Waals surface area (Å²) < 4.78 is 39.8. The summed E-state index contributed by atoms with van der Waals surface area (Å²) in [6.07, 6.45) is 0.453. The second-order valence-corrected chi connectivity index (χ2v) is 7.83. The molecule has 1 N–H and O–H groups in total. The molecule has 0 amide bonds. The van der Waals surface area contributed by atoms with Gasteiger partial charge in [0, 0.05) is 31.2 Å². The molecule has 0 radical (unpaired) electrons. The van der Waals surface area contributed by atoms with Crippen molar-refractivity contribution in [2.24, 2.45) is 0 Å². The first-order valence-electron chi connectivity index (χ1n) is 9.61. The van der Waals surface area contributed by atoms with Gasteiger partial charge in [0.05, 0.1) is 12.1 Å². The van der Waals surface area contributed by atoms with Crippen LogP contribution in [0.2, 0.25) is 0 Å². The van der Waals surface area contributed by atoms with E-state index in [2.05, 4.69) is 4.90 Å². The van der Waals surface area contributed by atoms with Crippen molar-refractivity contribution >= 4 is 5.97 Å². The zero-order valence-corrected chi connectivity index (χ0v) is 15.6. The number of hydrogen-bond acceptors (Lipinski definition) is 3. The van der Waals surface area contributed by atoms with E-state index >= 15 is 0 Å². The molecule has 1 aliphatic heterocycles. The first kappa shape index (κ1) is 20.1. The molecule has 150 valence electrons. The van der Waals surface area contributed by atoms with E-state index in [0.29, 0.717) is 19.6 Å². The van der Waals surface area contributed by atoms with Gasteiger partial charge in [-0.15, -0.1) is 0 Å². The van der Waals surface area contributed by atoms with E-state index in [1.165, 1.54) is 12.1 Å². The molecule has 1 aliphatic carbocycles. The first-order chi connectivity index (χ1) is 12.7. The van der Waals surface area contributed by atoms with Crippen LogP contribution in [0.4, 0.5) is 13.2 Å². The SMILES string of the molecule is CC1CN(C2(c3cccc(C(F)(F)F)c3)CCCCC2)CCN1CC(=O)O. The van der Waals surface area contributed by atoms with Crippen molar-refractivity contribution in [3.63, 3.8) is 0 Å². The van der Waals surface area contributed by atoms with Crippen molar-refractivity contribution in [2.75, 3.05) is 26.2 Å². The van der Waals surface area contributed by atoms with Crippen LogP contribution in [-0.2, 0) is 16.5 Å². The van der Waals surface area contributed by atoms with Crippen LogP contribution in [-0.4, -0.2) is 53.1 Å². The van der Waals surface area contributed by atoms with E-state index in [0.717, 1.165) is 43.7 Å². The smallest absolute Gasteiger partial charge is 0.416 e. The Bertz CT molecular complexity index is 671. The van der Waals surface area contributed by atoms with Crippen molar-refractivity contribution in [3.05, 3.63) is 35.4 Å². The number of carbonyl (C=O) groups is 1. The number of piperazine rings is 1. The van der Waals surface area contributed by atoms with Crippen molar-refractivity contribution in [1.29, 1.82) is 0 Å². The first-order valence-corrected chi connectivity index (χ1v) is 9.61. The van der Waals surface area contributed by atoms with E-state index in [9.17, 15) is 18.0 Å². The van der Waals surface area contributed by atoms with Crippen molar-refractivity contribution < 1.29 is 23.1 Å². The molecule has 0 bridgehead atoms. The molecule has 1 atom stereocenters. The second-order valence-electron chi connectivity index (χ2n) is 7.83. The summed E-state index contributed by atoms with van der Waals surface area (Å²) in [7, 11) is 0. The summed E-state index contributed by atoms with van der Waals surface area (Å²) in [5.41, 5.74) is -0.235. The number of alkyl halides is 3. The number of aliphatic carboxylic acids is 1. The number of benzene rings is 1. The van der Waals surface area contributed by atoms with Gasteiger partial charge < -0.3 is 5.11 Å². The van der Waals surface area contributed by atoms with Crippen LogP contribution in [0.5, 0.6) is 0 Å². The van der Waals surface area contributed by atoms with E-state index in [-0.39, 0.29) is 18.1 Å². The van der Waals surface area contributed by atoms with Crippen LogP contribution in [0.25, 0.3) is 0 Å². The van der Waals surface area contributed by atoms with E-state index in [1.807, 2.05) is 17.9 Å². The molecule has 2 aliphatic rings. The molecule has 1 saturated heterocycles. The number of rotatable bonds is 4. The van der Waals surface area contributed by atoms with Gasteiger partial charge in [-0.2, -0.15) is 13.2 Å². The highest BCUT2D eigenvalue weighted by molar-refractivity contribution is 5.69. The van der Waals surface area contributed by atoms with Gasteiger partial charge in [-0.25, -0.2) is 0 Å². The van der Waals surface area contributed by atoms with Gasteiger partial charge >= 0.3 is 12.1 Å². The number of hydrogen-bond donors (Lipinski definition) is 1. The second kappa shape index (κ2) is 7.80. The molecule has 1 saturated carbocycles. The number of nitrogens with zero attached hydrogens (tertiary/aromatic N) is 2. The fourth-order valence-electron chi connectivity index (χ4n) is 4.70. The molecular formula is C20H27F3N2O2. The largest absolute Gasteiger partial charge is 0.480 e. The summed E-state index contributed by atoms with van der Waals surface area (Å²) in [6, 6.07) is 5.85. The van der Waals surface area contributed by atoms with Gasteiger partial charge in [0.2, 0.25) is 0 Å². The van der Waals surface area contributed by atoms with Crippen LogP contribution in [0.3, 0.4) is 0 Å². The molecule has 3 rings (SSSR count). The minimum atomic E-state index is -4.35. The fraction of sp³-hybridized carbons (Fsp3) is 0.650. The fourth-order valence-corrected chi connectivity index (χ4v) is 4.70. The Morgan fingerprint density at radius 1 is 1.22 bits per heavy atom. The molecular weight excluding hydrogens is 357 g/mol. The summed E-state index contributed by atoms with van der Waals surface area (Å²) in [5.74, 6) is -0.847. The predicted octanol–water partition coefficient (Wildman–Crippen LogP) is 3.96. The Morgan fingerprint density at radius 3 is 2.52 bits per heavy atom. The predicted molar refractivity (Wildman–Crippen MR) is 96.5 cm³/mol. The van der Waals surface area contributed by atoms with Crippen LogP contribution in [0.1, 0.15) is 50.2 Å². The standard InChI is InChI=1S/C20H27F3N2O2/c1-15-13-25(11-10-24(15)14-18(26)27)19(8-3-2-4-9-19)16-6-5-7-17(12-16)20(21,22)23/h5-7,12,15H,2-4,8-11,13-14H2,1H3,(H,26,27). The minimum absolute atomic E-state index is 0.00552. The third kappa shape index (κ3) is 4.29. The van der Waals surface area contributed by atoms with E-state index < -0.39 is 17.7 Å². The number of carboxylic acid groups (broad SMARTS) is 1. The number of carboxylic acids is 1. The number of halogens is 3. The molecule has 1 heterocycles. The minimum Gasteiger partial charge on any atom is -0.480 e. The zero-order valence-electron chi connectivity index (χ0n) is 15.6. The van der Waals surface area contributed by atoms with Gasteiger partial charge in [0.15, 0.2) is 0 Å². The summed E-state index contributed by atoms with van der Waals surface area (Å²) >= 11 is 0. The van der Waals surface area contributed by atoms with Crippen LogP contribution < -0.4 is 0 Å². The quantitative estimate of drug-likeness (QED) is 0.854. The topological polar surface area (TPSA) is 43.8 Å². The lowest BCUT2D eigenvalue weighted by molar-refractivity contribution is -0.140. The Morgan fingerprint density at radius 2 is 1.93 bits per heavy atom. The molecule has 2 fully saturated rings. The normalized spacial score (nSPS) is 24.7. The lowest BCUT2D eigenvalue weighted by Gasteiger charge is -2.52. The molecule has 27 heavy (non-hydrogen) atoms. The maximum absolute atomic E-state index is 13.3. The zero-order chi connectivity index (χ0) is 19.7. The van der Waals surface area contributed by atoms with Crippen molar-refractivity contribution in [2.45, 2.75) is 56.8 Å². The highest BCUT2D eigenvalue weighted by Gasteiger charge is 2.43. The molecule has 0 spiro atoms. The van der Waals surface area contributed by atoms with Crippen LogP contribution in [0, 0.1) is 0 Å². The maximum Gasteiger partial charge on any atom is 0.416 e. The molecule has 1 unspecified atom stereocenters. The molecule has 7 heteroatoms. The third-order valence-corrected chi connectivity index (χ3v) is 6.12. The average Bonchev–Trinajstić information content (AvgIpc) is 2.63. The van der Waals surface area contributed by atoms with Gasteiger partial charge in [0.25, 0.3) is 0 Å². The highest BCUT2D eigenvalue weighted by Crippen LogP contribution is 2.44.